The van der Waals surface area contributed by atoms with Crippen molar-refractivity contribution >= 4 is 17.9 Å². The number of hydrogen-bond donors (Lipinski definition) is 3. The van der Waals surface area contributed by atoms with Crippen molar-refractivity contribution in [1.82, 2.24) is 15.5 Å². The molecule has 1 aromatic carbocycles. The summed E-state index contributed by atoms with van der Waals surface area (Å²) in [4.78, 5) is 40.9. The van der Waals surface area contributed by atoms with Gasteiger partial charge in [-0.2, -0.15) is 0 Å². The molecule has 8 nitrogen and oxygen atoms in total. The molecule has 2 rings (SSSR count). The minimum atomic E-state index is -0.930. The number of ether oxygens (including phenoxy) is 1. The molecule has 2 atom stereocenters. The van der Waals surface area contributed by atoms with Crippen LogP contribution in [0.3, 0.4) is 0 Å². The summed E-state index contributed by atoms with van der Waals surface area (Å²) in [5.74, 6) is -0.672. The number of hydrogen-bond acceptors (Lipinski definition) is 5. The molecule has 1 heterocycles. The number of carbonyl (C=O) groups is 3. The maximum atomic E-state index is 13.3. The van der Waals surface area contributed by atoms with Crippen molar-refractivity contribution in [2.75, 3.05) is 13.1 Å². The van der Waals surface area contributed by atoms with Gasteiger partial charge in [0.05, 0.1) is 0 Å². The maximum absolute atomic E-state index is 13.3. The molecule has 2 unspecified atom stereocenters. The standard InChI is InChI=1S/C26H41N3O5/c1-18(2)16-21(28-25(33)29-14-8-6-7-9-15-29)23(31)27-22(24(32)34-26(3,4)5)17-19-10-12-20(30)13-11-19/h10-13,18,21-22,30H,6-9,14-17H2,1-5H3,(H,27,31)(H,28,33). The second kappa shape index (κ2) is 12.6. The number of likely N-dealkylation sites (tertiary alicyclic amines) is 1. The third kappa shape index (κ3) is 9.61. The fourth-order valence-electron chi connectivity index (χ4n) is 3.92. The second-order valence-electron chi connectivity index (χ2n) is 10.5. The molecule has 0 radical (unpaired) electrons. The van der Waals surface area contributed by atoms with Crippen LogP contribution in [0.2, 0.25) is 0 Å². The zero-order chi connectivity index (χ0) is 25.3. The Kier molecular flexibility index (Phi) is 10.2. The third-order valence-electron chi connectivity index (χ3n) is 5.60. The summed E-state index contributed by atoms with van der Waals surface area (Å²) in [5.41, 5.74) is 0.0517. The molecule has 34 heavy (non-hydrogen) atoms. The molecule has 1 aliphatic rings. The van der Waals surface area contributed by atoms with Gasteiger partial charge < -0.3 is 25.4 Å². The van der Waals surface area contributed by atoms with E-state index in [1.54, 1.807) is 37.8 Å². The van der Waals surface area contributed by atoms with Gasteiger partial charge in [-0.15, -0.1) is 0 Å². The van der Waals surface area contributed by atoms with E-state index in [0.29, 0.717) is 19.5 Å². The van der Waals surface area contributed by atoms with Gasteiger partial charge in [-0.05, 0) is 63.6 Å². The number of phenolic OH excluding ortho intramolecular Hbond substituents is 1. The highest BCUT2D eigenvalue weighted by molar-refractivity contribution is 5.90. The van der Waals surface area contributed by atoms with Gasteiger partial charge in [0.2, 0.25) is 5.91 Å². The number of carbonyl (C=O) groups excluding carboxylic acids is 3. The highest BCUT2D eigenvalue weighted by Gasteiger charge is 2.31. The summed E-state index contributed by atoms with van der Waals surface area (Å²) in [7, 11) is 0. The molecule has 1 fully saturated rings. The molecule has 1 saturated heterocycles. The lowest BCUT2D eigenvalue weighted by atomic mass is 10.0. The Morgan fingerprint density at radius 2 is 1.56 bits per heavy atom. The minimum Gasteiger partial charge on any atom is -0.508 e. The van der Waals surface area contributed by atoms with Crippen LogP contribution < -0.4 is 10.6 Å². The smallest absolute Gasteiger partial charge is 0.329 e. The number of urea groups is 1. The Morgan fingerprint density at radius 3 is 2.09 bits per heavy atom. The van der Waals surface area contributed by atoms with Gasteiger partial charge in [0, 0.05) is 19.5 Å². The lowest BCUT2D eigenvalue weighted by Crippen LogP contribution is -2.55. The highest BCUT2D eigenvalue weighted by Crippen LogP contribution is 2.16. The largest absolute Gasteiger partial charge is 0.508 e. The molecular weight excluding hydrogens is 434 g/mol. The van der Waals surface area contributed by atoms with Gasteiger partial charge in [-0.1, -0.05) is 38.8 Å². The van der Waals surface area contributed by atoms with E-state index in [-0.39, 0.29) is 24.1 Å². The number of esters is 1. The van der Waals surface area contributed by atoms with Crippen LogP contribution in [0, 0.1) is 5.92 Å². The summed E-state index contributed by atoms with van der Waals surface area (Å²) >= 11 is 0. The first-order valence-electron chi connectivity index (χ1n) is 12.3. The molecule has 3 amide bonds. The van der Waals surface area contributed by atoms with E-state index in [9.17, 15) is 19.5 Å². The van der Waals surface area contributed by atoms with Crippen LogP contribution in [-0.2, 0) is 20.7 Å². The van der Waals surface area contributed by atoms with E-state index < -0.39 is 29.6 Å². The Morgan fingerprint density at radius 1 is 0.971 bits per heavy atom. The van der Waals surface area contributed by atoms with Gasteiger partial charge >= 0.3 is 12.0 Å². The summed E-state index contributed by atoms with van der Waals surface area (Å²) < 4.78 is 5.55. The van der Waals surface area contributed by atoms with Gasteiger partial charge in [-0.25, -0.2) is 9.59 Å². The van der Waals surface area contributed by atoms with Crippen LogP contribution in [0.25, 0.3) is 0 Å². The van der Waals surface area contributed by atoms with E-state index >= 15 is 0 Å². The summed E-state index contributed by atoms with van der Waals surface area (Å²) in [6, 6.07) is 4.53. The first kappa shape index (κ1) is 27.5. The highest BCUT2D eigenvalue weighted by atomic mass is 16.6. The number of phenols is 1. The Balaban J connectivity index is 2.16. The summed E-state index contributed by atoms with van der Waals surface area (Å²) in [6.45, 7) is 10.7. The van der Waals surface area contributed by atoms with E-state index in [0.717, 1.165) is 31.2 Å². The molecule has 8 heteroatoms. The number of amides is 3. The van der Waals surface area contributed by atoms with Crippen LogP contribution in [0.5, 0.6) is 5.75 Å². The quantitative estimate of drug-likeness (QED) is 0.496. The Bertz CT molecular complexity index is 809. The van der Waals surface area contributed by atoms with Crippen molar-refractivity contribution in [2.45, 2.75) is 90.8 Å². The summed E-state index contributed by atoms with van der Waals surface area (Å²) in [5, 5.41) is 15.3. The van der Waals surface area contributed by atoms with Crippen molar-refractivity contribution in [2.24, 2.45) is 5.92 Å². The summed E-state index contributed by atoms with van der Waals surface area (Å²) in [6.07, 6.45) is 4.79. The molecule has 0 aromatic heterocycles. The predicted molar refractivity (Wildman–Crippen MR) is 131 cm³/mol. The number of nitrogens with zero attached hydrogens (tertiary/aromatic N) is 1. The first-order chi connectivity index (χ1) is 15.9. The molecule has 190 valence electrons. The van der Waals surface area contributed by atoms with Crippen molar-refractivity contribution in [3.63, 3.8) is 0 Å². The Labute approximate surface area is 203 Å². The molecule has 1 aliphatic heterocycles. The van der Waals surface area contributed by atoms with Crippen LogP contribution in [0.1, 0.15) is 72.3 Å². The zero-order valence-corrected chi connectivity index (χ0v) is 21.2. The fraction of sp³-hybridized carbons (Fsp3) is 0.654. The van der Waals surface area contributed by atoms with E-state index in [1.165, 1.54) is 12.1 Å². The minimum absolute atomic E-state index is 0.120. The van der Waals surface area contributed by atoms with E-state index in [1.807, 2.05) is 13.8 Å². The molecule has 0 spiro atoms. The topological polar surface area (TPSA) is 108 Å². The number of nitrogens with one attached hydrogen (secondary N) is 2. The molecule has 3 N–H and O–H groups in total. The fourth-order valence-corrected chi connectivity index (χ4v) is 3.92. The normalized spacial score (nSPS) is 16.4. The van der Waals surface area contributed by atoms with Gasteiger partial charge in [-0.3, -0.25) is 4.79 Å². The monoisotopic (exact) mass is 475 g/mol. The van der Waals surface area contributed by atoms with Crippen LogP contribution >= 0.6 is 0 Å². The zero-order valence-electron chi connectivity index (χ0n) is 21.2. The lowest BCUT2D eigenvalue weighted by molar-refractivity contribution is -0.158. The van der Waals surface area contributed by atoms with Crippen molar-refractivity contribution in [3.05, 3.63) is 29.8 Å². The van der Waals surface area contributed by atoms with Crippen molar-refractivity contribution in [1.29, 1.82) is 0 Å². The predicted octanol–water partition coefficient (Wildman–Crippen LogP) is 3.76. The third-order valence-corrected chi connectivity index (χ3v) is 5.60. The average molecular weight is 476 g/mol. The second-order valence-corrected chi connectivity index (χ2v) is 10.5. The average Bonchev–Trinajstić information content (AvgIpc) is 3.02. The van der Waals surface area contributed by atoms with Crippen LogP contribution in [0.4, 0.5) is 4.79 Å². The molecule has 0 bridgehead atoms. The van der Waals surface area contributed by atoms with Crippen molar-refractivity contribution in [3.8, 4) is 5.75 Å². The first-order valence-corrected chi connectivity index (χ1v) is 12.3. The van der Waals surface area contributed by atoms with Crippen LogP contribution in [-0.4, -0.2) is 58.7 Å². The number of benzene rings is 1. The van der Waals surface area contributed by atoms with Gasteiger partial charge in [0.25, 0.3) is 0 Å². The number of rotatable bonds is 8. The molecular formula is C26H41N3O5. The van der Waals surface area contributed by atoms with E-state index in [2.05, 4.69) is 10.6 Å². The van der Waals surface area contributed by atoms with Crippen molar-refractivity contribution < 1.29 is 24.2 Å². The Hall–Kier alpha value is -2.77. The maximum Gasteiger partial charge on any atom is 0.329 e. The lowest BCUT2D eigenvalue weighted by Gasteiger charge is -2.28. The number of aromatic hydroxyl groups is 1. The van der Waals surface area contributed by atoms with Gasteiger partial charge in [0.15, 0.2) is 0 Å². The van der Waals surface area contributed by atoms with Crippen LogP contribution in [0.15, 0.2) is 24.3 Å². The molecule has 0 saturated carbocycles. The molecule has 0 aliphatic carbocycles. The van der Waals surface area contributed by atoms with Gasteiger partial charge in [0.1, 0.15) is 23.4 Å². The SMILES string of the molecule is CC(C)CC(NC(=O)N1CCCCCC1)C(=O)NC(Cc1ccc(O)cc1)C(=O)OC(C)(C)C. The molecule has 1 aromatic rings. The van der Waals surface area contributed by atoms with E-state index in [4.69, 9.17) is 4.74 Å².